The number of halogens is 1. The van der Waals surface area contributed by atoms with Crippen LogP contribution in [0.4, 0.5) is 5.69 Å². The highest BCUT2D eigenvalue weighted by atomic mass is 127. The van der Waals surface area contributed by atoms with Crippen molar-refractivity contribution in [2.24, 2.45) is 10.7 Å². The van der Waals surface area contributed by atoms with Gasteiger partial charge >= 0.3 is 0 Å². The molecular formula is C22H25IN4O3S. The molecule has 0 aliphatic rings. The summed E-state index contributed by atoms with van der Waals surface area (Å²) in [5.41, 5.74) is 7.62. The summed E-state index contributed by atoms with van der Waals surface area (Å²) in [5.74, 6) is 1.57. The molecule has 9 heteroatoms. The van der Waals surface area contributed by atoms with Crippen LogP contribution in [0.2, 0.25) is 0 Å². The molecule has 0 fully saturated rings. The Morgan fingerprint density at radius 3 is 2.35 bits per heavy atom. The molecule has 7 nitrogen and oxygen atoms in total. The van der Waals surface area contributed by atoms with Gasteiger partial charge in [-0.25, -0.2) is 13.1 Å². The Morgan fingerprint density at radius 1 is 0.968 bits per heavy atom. The lowest BCUT2D eigenvalue weighted by Gasteiger charge is -2.09. The Kier molecular flexibility index (Phi) is 9.28. The first-order valence-corrected chi connectivity index (χ1v) is 10.9. The van der Waals surface area contributed by atoms with Gasteiger partial charge in [0, 0.05) is 18.3 Å². The van der Waals surface area contributed by atoms with Crippen molar-refractivity contribution in [1.29, 1.82) is 0 Å². The molecule has 3 rings (SSSR count). The molecule has 0 atom stereocenters. The van der Waals surface area contributed by atoms with Crippen LogP contribution < -0.4 is 20.5 Å². The maximum Gasteiger partial charge on any atom is 0.240 e. The van der Waals surface area contributed by atoms with E-state index in [0.29, 0.717) is 11.4 Å². The number of ether oxygens (including phenoxy) is 1. The minimum atomic E-state index is -3.57. The number of rotatable bonds is 8. The largest absolute Gasteiger partial charge is 0.457 e. The minimum absolute atomic E-state index is 0. The van der Waals surface area contributed by atoms with Gasteiger partial charge in [-0.2, -0.15) is 0 Å². The highest BCUT2D eigenvalue weighted by Gasteiger charge is 2.12. The number of aliphatic imine (C=N–C) groups is 1. The summed E-state index contributed by atoms with van der Waals surface area (Å²) >= 11 is 0. The SMILES string of the molecule is Cc1ccc(S(=O)(=O)NCCN=C(N)Nc2cccc(Oc3ccccc3)c2)cc1.I. The number of nitrogens with two attached hydrogens (primary N) is 1. The predicted octanol–water partition coefficient (Wildman–Crippen LogP) is 4.11. The van der Waals surface area contributed by atoms with E-state index in [1.807, 2.05) is 55.5 Å². The van der Waals surface area contributed by atoms with Crippen molar-refractivity contribution in [3.8, 4) is 11.5 Å². The molecule has 31 heavy (non-hydrogen) atoms. The number of anilines is 1. The Bertz CT molecular complexity index is 1110. The minimum Gasteiger partial charge on any atom is -0.457 e. The van der Waals surface area contributed by atoms with E-state index in [-0.39, 0.29) is 47.9 Å². The van der Waals surface area contributed by atoms with E-state index in [0.717, 1.165) is 11.3 Å². The molecule has 3 aromatic carbocycles. The van der Waals surface area contributed by atoms with Crippen molar-refractivity contribution in [1.82, 2.24) is 4.72 Å². The van der Waals surface area contributed by atoms with Crippen LogP contribution in [0.5, 0.6) is 11.5 Å². The van der Waals surface area contributed by atoms with Crippen molar-refractivity contribution in [3.63, 3.8) is 0 Å². The second-order valence-electron chi connectivity index (χ2n) is 6.55. The van der Waals surface area contributed by atoms with Gasteiger partial charge in [0.15, 0.2) is 5.96 Å². The number of guanidine groups is 1. The van der Waals surface area contributed by atoms with Gasteiger partial charge in [-0.15, -0.1) is 24.0 Å². The maximum atomic E-state index is 12.2. The molecule has 164 valence electrons. The van der Waals surface area contributed by atoms with Gasteiger partial charge in [-0.3, -0.25) is 4.99 Å². The normalized spacial score (nSPS) is 11.5. The van der Waals surface area contributed by atoms with Crippen molar-refractivity contribution in [2.75, 3.05) is 18.4 Å². The summed E-state index contributed by atoms with van der Waals surface area (Å²) in [7, 11) is -3.57. The molecule has 0 radical (unpaired) electrons. The van der Waals surface area contributed by atoms with E-state index < -0.39 is 10.0 Å². The van der Waals surface area contributed by atoms with E-state index in [2.05, 4.69) is 15.0 Å². The van der Waals surface area contributed by atoms with E-state index in [4.69, 9.17) is 10.5 Å². The summed E-state index contributed by atoms with van der Waals surface area (Å²) < 4.78 is 32.8. The quantitative estimate of drug-likeness (QED) is 0.169. The first-order chi connectivity index (χ1) is 14.4. The third-order valence-corrected chi connectivity index (χ3v) is 5.58. The third-order valence-electron chi connectivity index (χ3n) is 4.10. The molecular weight excluding hydrogens is 527 g/mol. The number of benzene rings is 3. The number of para-hydroxylation sites is 1. The van der Waals surface area contributed by atoms with Crippen LogP contribution in [0.1, 0.15) is 5.56 Å². The first-order valence-electron chi connectivity index (χ1n) is 9.39. The van der Waals surface area contributed by atoms with E-state index in [1.54, 1.807) is 30.3 Å². The zero-order valence-corrected chi connectivity index (χ0v) is 20.1. The fourth-order valence-corrected chi connectivity index (χ4v) is 3.63. The van der Waals surface area contributed by atoms with Crippen LogP contribution in [0.15, 0.2) is 88.8 Å². The van der Waals surface area contributed by atoms with Crippen LogP contribution in [-0.2, 0) is 10.0 Å². The Hall–Kier alpha value is -2.63. The van der Waals surface area contributed by atoms with Crippen LogP contribution in [-0.4, -0.2) is 27.5 Å². The second-order valence-corrected chi connectivity index (χ2v) is 8.31. The van der Waals surface area contributed by atoms with Gasteiger partial charge in [-0.1, -0.05) is 42.0 Å². The average Bonchev–Trinajstić information content (AvgIpc) is 2.73. The van der Waals surface area contributed by atoms with Crippen molar-refractivity contribution in [3.05, 3.63) is 84.4 Å². The summed E-state index contributed by atoms with van der Waals surface area (Å²) in [6.45, 7) is 2.23. The lowest BCUT2D eigenvalue weighted by molar-refractivity contribution is 0.483. The molecule has 0 saturated heterocycles. The molecule has 0 aliphatic carbocycles. The smallest absolute Gasteiger partial charge is 0.240 e. The molecule has 0 aromatic heterocycles. The number of aryl methyl sites for hydroxylation is 1. The first kappa shape index (κ1) is 24.6. The van der Waals surface area contributed by atoms with Crippen molar-refractivity contribution < 1.29 is 13.2 Å². The van der Waals surface area contributed by atoms with Gasteiger partial charge in [-0.05, 0) is 43.3 Å². The molecule has 0 saturated carbocycles. The molecule has 3 aromatic rings. The molecule has 0 bridgehead atoms. The highest BCUT2D eigenvalue weighted by Crippen LogP contribution is 2.23. The summed E-state index contributed by atoms with van der Waals surface area (Å²) in [4.78, 5) is 4.38. The van der Waals surface area contributed by atoms with Crippen molar-refractivity contribution >= 4 is 45.6 Å². The zero-order chi connectivity index (χ0) is 21.4. The highest BCUT2D eigenvalue weighted by molar-refractivity contribution is 14.0. The van der Waals surface area contributed by atoms with Gasteiger partial charge in [0.25, 0.3) is 0 Å². The Balaban J connectivity index is 0.00000341. The second kappa shape index (κ2) is 11.7. The van der Waals surface area contributed by atoms with Crippen LogP contribution >= 0.6 is 24.0 Å². The molecule has 0 spiro atoms. The standard InChI is InChI=1S/C22H24N4O3S.HI/c1-17-10-12-21(13-11-17)30(27,28)25-15-14-24-22(23)26-18-6-5-9-20(16-18)29-19-7-3-2-4-8-19;/h2-13,16,25H,14-15H2,1H3,(H3,23,24,26);1H. The number of nitrogens with zero attached hydrogens (tertiary/aromatic N) is 1. The van der Waals surface area contributed by atoms with E-state index >= 15 is 0 Å². The fraction of sp³-hybridized carbons (Fsp3) is 0.136. The van der Waals surface area contributed by atoms with Gasteiger partial charge in [0.05, 0.1) is 11.4 Å². The van der Waals surface area contributed by atoms with Gasteiger partial charge < -0.3 is 15.8 Å². The van der Waals surface area contributed by atoms with Crippen molar-refractivity contribution in [2.45, 2.75) is 11.8 Å². The Labute approximate surface area is 199 Å². The van der Waals surface area contributed by atoms with Crippen LogP contribution in [0.3, 0.4) is 0 Å². The lowest BCUT2D eigenvalue weighted by Crippen LogP contribution is -2.28. The maximum absolute atomic E-state index is 12.2. The molecule has 4 N–H and O–H groups in total. The number of hydrogen-bond acceptors (Lipinski definition) is 4. The average molecular weight is 552 g/mol. The molecule has 0 amide bonds. The lowest BCUT2D eigenvalue weighted by atomic mass is 10.2. The Morgan fingerprint density at radius 2 is 1.65 bits per heavy atom. The monoisotopic (exact) mass is 552 g/mol. The van der Waals surface area contributed by atoms with E-state index in [9.17, 15) is 8.42 Å². The number of hydrogen-bond donors (Lipinski definition) is 3. The van der Waals surface area contributed by atoms with Gasteiger partial charge in [0.2, 0.25) is 10.0 Å². The molecule has 0 aliphatic heterocycles. The summed E-state index contributed by atoms with van der Waals surface area (Å²) in [6.07, 6.45) is 0. The van der Waals surface area contributed by atoms with Crippen LogP contribution in [0.25, 0.3) is 0 Å². The summed E-state index contributed by atoms with van der Waals surface area (Å²) in [5, 5.41) is 2.97. The summed E-state index contributed by atoms with van der Waals surface area (Å²) in [6, 6.07) is 23.4. The van der Waals surface area contributed by atoms with E-state index in [1.165, 1.54) is 0 Å². The molecule has 0 unspecified atom stereocenters. The predicted molar refractivity (Wildman–Crippen MR) is 135 cm³/mol. The fourth-order valence-electron chi connectivity index (χ4n) is 2.61. The zero-order valence-electron chi connectivity index (χ0n) is 17.0. The topological polar surface area (TPSA) is 106 Å². The third kappa shape index (κ3) is 7.85. The van der Waals surface area contributed by atoms with Crippen LogP contribution in [0, 0.1) is 6.92 Å². The van der Waals surface area contributed by atoms with Gasteiger partial charge in [0.1, 0.15) is 11.5 Å². The number of nitrogens with one attached hydrogen (secondary N) is 2. The molecule has 0 heterocycles. The number of sulfonamides is 1.